The van der Waals surface area contributed by atoms with Gasteiger partial charge in [0.2, 0.25) is 5.78 Å². The predicted octanol–water partition coefficient (Wildman–Crippen LogP) is 5.18. The standard InChI is InChI=1S/C23H20N2O5S/c1-3-18(25-24-4-2)21(29)23-22(17-11-8-15(26)13-19(17)31-23)30-16-9-5-14(6-10-16)7-12-20(27)28/h3-13,25-26H,1-2H3,(H,27,28)/b12-7+,18-3-,24-4-. The van der Waals surface area contributed by atoms with Crippen LogP contribution in [0.4, 0.5) is 0 Å². The molecular formula is C23H20N2O5S. The molecule has 0 spiro atoms. The lowest BCUT2D eigenvalue weighted by atomic mass is 10.1. The molecule has 0 aliphatic heterocycles. The summed E-state index contributed by atoms with van der Waals surface area (Å²) in [5.41, 5.74) is 3.72. The fraction of sp³-hybridized carbons (Fsp3) is 0.0870. The molecule has 7 nitrogen and oxygen atoms in total. The minimum atomic E-state index is -1.03. The third-order valence-corrected chi connectivity index (χ3v) is 5.33. The van der Waals surface area contributed by atoms with Crippen LogP contribution in [0.5, 0.6) is 17.2 Å². The summed E-state index contributed by atoms with van der Waals surface area (Å²) < 4.78 is 6.78. The molecular weight excluding hydrogens is 416 g/mol. The van der Waals surface area contributed by atoms with E-state index in [2.05, 4.69) is 10.5 Å². The van der Waals surface area contributed by atoms with Crippen molar-refractivity contribution in [1.29, 1.82) is 0 Å². The van der Waals surface area contributed by atoms with Gasteiger partial charge in [0, 0.05) is 22.4 Å². The molecule has 0 radical (unpaired) electrons. The van der Waals surface area contributed by atoms with Gasteiger partial charge in [-0.05, 0) is 55.8 Å². The number of nitrogens with zero attached hydrogens (tertiary/aromatic N) is 1. The number of aliphatic carboxylic acids is 1. The quantitative estimate of drug-likeness (QED) is 0.194. The van der Waals surface area contributed by atoms with Crippen molar-refractivity contribution >= 4 is 45.5 Å². The fourth-order valence-corrected chi connectivity index (χ4v) is 3.86. The first kappa shape index (κ1) is 21.8. The maximum Gasteiger partial charge on any atom is 0.328 e. The van der Waals surface area contributed by atoms with Crippen LogP contribution in [0.2, 0.25) is 0 Å². The predicted molar refractivity (Wildman–Crippen MR) is 122 cm³/mol. The van der Waals surface area contributed by atoms with E-state index in [1.54, 1.807) is 56.3 Å². The number of hydrogen-bond donors (Lipinski definition) is 3. The number of allylic oxidation sites excluding steroid dienone is 2. The SMILES string of the molecule is C/C=N\N/C(=C\C)C(=O)c1sc2cc(O)ccc2c1Oc1ccc(/C=C/C(=O)O)cc1. The van der Waals surface area contributed by atoms with Crippen molar-refractivity contribution in [2.24, 2.45) is 5.10 Å². The van der Waals surface area contributed by atoms with E-state index in [9.17, 15) is 14.7 Å². The lowest BCUT2D eigenvalue weighted by Gasteiger charge is -2.09. The van der Waals surface area contributed by atoms with Gasteiger partial charge in [0.15, 0.2) is 5.75 Å². The Bertz CT molecular complexity index is 1210. The maximum absolute atomic E-state index is 13.1. The van der Waals surface area contributed by atoms with Crippen LogP contribution in [0.3, 0.4) is 0 Å². The second-order valence-corrected chi connectivity index (χ2v) is 7.37. The number of rotatable bonds is 8. The number of phenolic OH excluding ortho intramolecular Hbond substituents is 1. The Kier molecular flexibility index (Phi) is 6.84. The van der Waals surface area contributed by atoms with E-state index in [4.69, 9.17) is 9.84 Å². The van der Waals surface area contributed by atoms with Crippen molar-refractivity contribution in [3.05, 3.63) is 70.8 Å². The Hall–Kier alpha value is -3.91. The van der Waals surface area contributed by atoms with Gasteiger partial charge in [-0.1, -0.05) is 18.2 Å². The Morgan fingerprint density at radius 2 is 1.87 bits per heavy atom. The summed E-state index contributed by atoms with van der Waals surface area (Å²) in [6.45, 7) is 3.46. The Balaban J connectivity index is 2.01. The van der Waals surface area contributed by atoms with Gasteiger partial charge in [-0.25, -0.2) is 4.79 Å². The molecule has 0 amide bonds. The summed E-state index contributed by atoms with van der Waals surface area (Å²) in [6, 6.07) is 11.6. The molecule has 0 fully saturated rings. The zero-order valence-corrected chi connectivity index (χ0v) is 17.6. The van der Waals surface area contributed by atoms with Gasteiger partial charge in [-0.3, -0.25) is 10.2 Å². The molecule has 2 aromatic carbocycles. The summed E-state index contributed by atoms with van der Waals surface area (Å²) in [7, 11) is 0. The highest BCUT2D eigenvalue weighted by atomic mass is 32.1. The molecule has 0 saturated heterocycles. The van der Waals surface area contributed by atoms with Crippen LogP contribution in [0, 0.1) is 0 Å². The van der Waals surface area contributed by atoms with Crippen molar-refractivity contribution in [1.82, 2.24) is 5.43 Å². The number of phenols is 1. The summed E-state index contributed by atoms with van der Waals surface area (Å²) in [6.07, 6.45) is 5.69. The van der Waals surface area contributed by atoms with Crippen LogP contribution in [0.1, 0.15) is 29.1 Å². The second kappa shape index (κ2) is 9.73. The van der Waals surface area contributed by atoms with Crippen LogP contribution in [0.15, 0.2) is 65.4 Å². The summed E-state index contributed by atoms with van der Waals surface area (Å²) in [5, 5.41) is 23.2. The zero-order valence-electron chi connectivity index (χ0n) is 16.8. The van der Waals surface area contributed by atoms with Gasteiger partial charge in [-0.2, -0.15) is 5.10 Å². The minimum absolute atomic E-state index is 0.0915. The van der Waals surface area contributed by atoms with Crippen LogP contribution < -0.4 is 10.2 Å². The molecule has 158 valence electrons. The zero-order chi connectivity index (χ0) is 22.4. The maximum atomic E-state index is 13.1. The van der Waals surface area contributed by atoms with Crippen LogP contribution >= 0.6 is 11.3 Å². The number of ether oxygens (including phenoxy) is 1. The molecule has 8 heteroatoms. The Morgan fingerprint density at radius 3 is 2.52 bits per heavy atom. The summed E-state index contributed by atoms with van der Waals surface area (Å²) in [4.78, 5) is 24.2. The smallest absolute Gasteiger partial charge is 0.328 e. The number of carboxylic acid groups (broad SMARTS) is 1. The van der Waals surface area contributed by atoms with Gasteiger partial charge >= 0.3 is 5.97 Å². The normalized spacial score (nSPS) is 12.0. The topological polar surface area (TPSA) is 108 Å². The van der Waals surface area contributed by atoms with Gasteiger partial charge in [0.25, 0.3) is 0 Å². The van der Waals surface area contributed by atoms with E-state index in [0.29, 0.717) is 37.7 Å². The molecule has 0 saturated carbocycles. The lowest BCUT2D eigenvalue weighted by Crippen LogP contribution is -2.15. The number of carbonyl (C=O) groups is 2. The molecule has 1 heterocycles. The number of ketones is 1. The number of hydrazone groups is 1. The van der Waals surface area contributed by atoms with Gasteiger partial charge in [0.1, 0.15) is 22.1 Å². The summed E-state index contributed by atoms with van der Waals surface area (Å²) >= 11 is 1.21. The first-order valence-corrected chi connectivity index (χ1v) is 10.1. The lowest BCUT2D eigenvalue weighted by molar-refractivity contribution is -0.131. The number of benzene rings is 2. The number of thiophene rings is 1. The third kappa shape index (κ3) is 5.18. The highest BCUT2D eigenvalue weighted by Crippen LogP contribution is 2.42. The molecule has 0 aliphatic rings. The van der Waals surface area contributed by atoms with Crippen molar-refractivity contribution in [2.75, 3.05) is 0 Å². The average Bonchev–Trinajstić information content (AvgIpc) is 3.10. The number of aromatic hydroxyl groups is 1. The van der Waals surface area contributed by atoms with Crippen molar-refractivity contribution in [3.8, 4) is 17.2 Å². The molecule has 0 unspecified atom stereocenters. The van der Waals surface area contributed by atoms with Gasteiger partial charge < -0.3 is 14.9 Å². The van der Waals surface area contributed by atoms with Crippen molar-refractivity contribution in [2.45, 2.75) is 13.8 Å². The first-order chi connectivity index (χ1) is 14.9. The van der Waals surface area contributed by atoms with Crippen LogP contribution in [-0.4, -0.2) is 28.2 Å². The highest BCUT2D eigenvalue weighted by Gasteiger charge is 2.23. The molecule has 3 rings (SSSR count). The molecule has 3 N–H and O–H groups in total. The number of nitrogens with one attached hydrogen (secondary N) is 1. The number of hydrogen-bond acceptors (Lipinski definition) is 7. The van der Waals surface area contributed by atoms with E-state index >= 15 is 0 Å². The van der Waals surface area contributed by atoms with E-state index in [0.717, 1.165) is 6.08 Å². The first-order valence-electron chi connectivity index (χ1n) is 9.32. The monoisotopic (exact) mass is 436 g/mol. The van der Waals surface area contributed by atoms with E-state index in [-0.39, 0.29) is 11.5 Å². The third-order valence-electron chi connectivity index (χ3n) is 4.20. The van der Waals surface area contributed by atoms with Crippen molar-refractivity contribution < 1.29 is 24.5 Å². The minimum Gasteiger partial charge on any atom is -0.508 e. The Morgan fingerprint density at radius 1 is 1.13 bits per heavy atom. The van der Waals surface area contributed by atoms with Gasteiger partial charge in [-0.15, -0.1) is 11.3 Å². The molecule has 0 atom stereocenters. The van der Waals surface area contributed by atoms with E-state index in [1.165, 1.54) is 29.7 Å². The number of carboxylic acids is 1. The van der Waals surface area contributed by atoms with Crippen LogP contribution in [-0.2, 0) is 4.79 Å². The van der Waals surface area contributed by atoms with Crippen molar-refractivity contribution in [3.63, 3.8) is 0 Å². The molecule has 3 aromatic rings. The van der Waals surface area contributed by atoms with Gasteiger partial charge in [0.05, 0.1) is 0 Å². The average molecular weight is 436 g/mol. The highest BCUT2D eigenvalue weighted by molar-refractivity contribution is 7.21. The second-order valence-electron chi connectivity index (χ2n) is 6.31. The fourth-order valence-electron chi connectivity index (χ4n) is 2.75. The Labute approximate surface area is 182 Å². The van der Waals surface area contributed by atoms with Crippen LogP contribution in [0.25, 0.3) is 16.2 Å². The number of fused-ring (bicyclic) bond motifs is 1. The largest absolute Gasteiger partial charge is 0.508 e. The molecule has 1 aromatic heterocycles. The molecule has 31 heavy (non-hydrogen) atoms. The number of Topliss-reactive ketones (excluding diaryl/α,β-unsaturated/α-hetero) is 1. The summed E-state index contributed by atoms with van der Waals surface area (Å²) in [5.74, 6) is -0.368. The molecule has 0 aliphatic carbocycles. The van der Waals surface area contributed by atoms with E-state index in [1.807, 2.05) is 0 Å². The van der Waals surface area contributed by atoms with E-state index < -0.39 is 5.97 Å². The number of carbonyl (C=O) groups excluding carboxylic acids is 1. The molecule has 0 bridgehead atoms.